The van der Waals surface area contributed by atoms with E-state index in [0.717, 1.165) is 15.6 Å². The number of H-pyrrole nitrogens is 1. The second kappa shape index (κ2) is 4.93. The summed E-state index contributed by atoms with van der Waals surface area (Å²) in [6.45, 7) is -3.96. The van der Waals surface area contributed by atoms with E-state index in [2.05, 4.69) is 4.98 Å². The van der Waals surface area contributed by atoms with Crippen molar-refractivity contribution < 1.29 is 13.1 Å². The normalized spacial score (nSPS) is 17.4. The fraction of sp³-hybridized carbons (Fsp3) is 0. The SMILES string of the molecule is F[B-]1(F)n2c(ccc2-c2ccc[nH]2)C(c2ccccc2)=C2C=CC=[N+]21. The first-order valence-corrected chi connectivity index (χ1v) is 8.15. The minimum absolute atomic E-state index is 0.484. The predicted molar refractivity (Wildman–Crippen MR) is 95.5 cm³/mol. The van der Waals surface area contributed by atoms with Gasteiger partial charge in [-0.25, -0.2) is 0 Å². The van der Waals surface area contributed by atoms with Crippen LogP contribution in [0, 0.1) is 0 Å². The van der Waals surface area contributed by atoms with E-state index in [0.29, 0.717) is 22.8 Å². The molecule has 0 spiro atoms. The number of hydrogen-bond donors (Lipinski definition) is 1. The van der Waals surface area contributed by atoms with Crippen LogP contribution < -0.4 is 0 Å². The first-order valence-electron chi connectivity index (χ1n) is 8.15. The van der Waals surface area contributed by atoms with Crippen molar-refractivity contribution in [2.24, 2.45) is 0 Å². The van der Waals surface area contributed by atoms with E-state index in [1.54, 1.807) is 30.5 Å². The second-order valence-corrected chi connectivity index (χ2v) is 6.19. The molecule has 0 fully saturated rings. The number of fused-ring (bicyclic) bond motifs is 2. The lowest BCUT2D eigenvalue weighted by Crippen LogP contribution is -2.49. The molecule has 25 heavy (non-hydrogen) atoms. The molecule has 0 radical (unpaired) electrons. The van der Waals surface area contributed by atoms with Crippen LogP contribution in [0.2, 0.25) is 0 Å². The summed E-state index contributed by atoms with van der Waals surface area (Å²) in [5, 5.41) is 0. The Kier molecular flexibility index (Phi) is 2.80. The maximum atomic E-state index is 15.4. The molecule has 122 valence electrons. The predicted octanol–water partition coefficient (Wildman–Crippen LogP) is 4.13. The number of allylic oxidation sites excluding steroid dienone is 2. The number of nitrogens with zero attached hydrogens (tertiary/aromatic N) is 2. The van der Waals surface area contributed by atoms with Crippen molar-refractivity contribution in [3.63, 3.8) is 0 Å². The van der Waals surface area contributed by atoms with Crippen LogP contribution in [-0.4, -0.2) is 27.1 Å². The molecule has 0 bridgehead atoms. The van der Waals surface area contributed by atoms with Crippen molar-refractivity contribution in [1.82, 2.24) is 9.46 Å². The monoisotopic (exact) mass is 333 g/mol. The third kappa shape index (κ3) is 1.88. The van der Waals surface area contributed by atoms with Crippen molar-refractivity contribution in [3.8, 4) is 11.4 Å². The van der Waals surface area contributed by atoms with Gasteiger partial charge in [0.1, 0.15) is 6.21 Å². The first-order chi connectivity index (χ1) is 12.2. The Hall–Kier alpha value is -3.15. The topological polar surface area (TPSA) is 23.7 Å². The van der Waals surface area contributed by atoms with Crippen LogP contribution >= 0.6 is 0 Å². The average molecular weight is 333 g/mol. The standard InChI is InChI=1S/C19H14BF2N3/c21-20(22)24-13-5-9-17(24)19(14-6-2-1-3-7-14)18-11-10-16(25(18)20)15-8-4-12-23-15/h1-13,23H. The number of nitrogens with one attached hydrogen (secondary N) is 1. The minimum atomic E-state index is -3.96. The van der Waals surface area contributed by atoms with Crippen LogP contribution in [0.15, 0.2) is 78.6 Å². The Bertz CT molecular complexity index is 1060. The van der Waals surface area contributed by atoms with Crippen LogP contribution in [-0.2, 0) is 0 Å². The summed E-state index contributed by atoms with van der Waals surface area (Å²) in [6, 6.07) is 16.8. The number of benzene rings is 1. The molecule has 3 aromatic rings. The highest BCUT2D eigenvalue weighted by Crippen LogP contribution is 2.41. The molecule has 2 aromatic heterocycles. The molecule has 6 heteroatoms. The van der Waals surface area contributed by atoms with Gasteiger partial charge in [0.05, 0.1) is 11.3 Å². The molecule has 1 N–H and O–H groups in total. The van der Waals surface area contributed by atoms with Crippen molar-refractivity contribution in [3.05, 3.63) is 89.9 Å². The summed E-state index contributed by atoms with van der Waals surface area (Å²) in [6.07, 6.45) is 6.63. The molecule has 4 heterocycles. The highest BCUT2D eigenvalue weighted by molar-refractivity contribution is 6.58. The zero-order valence-electron chi connectivity index (χ0n) is 13.2. The van der Waals surface area contributed by atoms with Crippen molar-refractivity contribution in [1.29, 1.82) is 0 Å². The molecule has 0 saturated heterocycles. The Balaban J connectivity index is 1.85. The fourth-order valence-electron chi connectivity index (χ4n) is 3.73. The van der Waals surface area contributed by atoms with Gasteiger partial charge in [0.15, 0.2) is 5.70 Å². The lowest BCUT2D eigenvalue weighted by molar-refractivity contribution is -0.356. The van der Waals surface area contributed by atoms with Crippen LogP contribution in [0.1, 0.15) is 11.3 Å². The number of aromatic amines is 1. The summed E-state index contributed by atoms with van der Waals surface area (Å²) < 4.78 is 33.0. The van der Waals surface area contributed by atoms with E-state index >= 15 is 8.63 Å². The molecule has 2 aliphatic rings. The quantitative estimate of drug-likeness (QED) is 0.682. The van der Waals surface area contributed by atoms with E-state index in [9.17, 15) is 0 Å². The zero-order chi connectivity index (χ0) is 17.0. The van der Waals surface area contributed by atoms with Crippen LogP contribution in [0.5, 0.6) is 0 Å². The largest absolute Gasteiger partial charge is 0.737 e. The molecular formula is C19H14BF2N3. The van der Waals surface area contributed by atoms with Crippen LogP contribution in [0.3, 0.4) is 0 Å². The van der Waals surface area contributed by atoms with Gasteiger partial charge in [0.25, 0.3) is 0 Å². The van der Waals surface area contributed by atoms with E-state index in [1.165, 1.54) is 10.7 Å². The van der Waals surface area contributed by atoms with Gasteiger partial charge in [0.2, 0.25) is 0 Å². The molecule has 0 atom stereocenters. The highest BCUT2D eigenvalue weighted by atomic mass is 19.2. The van der Waals surface area contributed by atoms with Gasteiger partial charge in [-0.2, -0.15) is 0 Å². The number of hydrogen-bond acceptors (Lipinski definition) is 0. The Morgan fingerprint density at radius 3 is 2.48 bits per heavy atom. The third-order valence-electron chi connectivity index (χ3n) is 4.79. The summed E-state index contributed by atoms with van der Waals surface area (Å²) >= 11 is 0. The smallest absolute Gasteiger partial charge is 0.389 e. The van der Waals surface area contributed by atoms with E-state index in [-0.39, 0.29) is 0 Å². The molecule has 1 aromatic carbocycles. The van der Waals surface area contributed by atoms with Crippen LogP contribution in [0.25, 0.3) is 17.0 Å². The van der Waals surface area contributed by atoms with Gasteiger partial charge in [-0.3, -0.25) is 0 Å². The average Bonchev–Trinajstić information content (AvgIpc) is 3.36. The highest BCUT2D eigenvalue weighted by Gasteiger charge is 2.52. The lowest BCUT2D eigenvalue weighted by Gasteiger charge is -2.32. The molecule has 5 rings (SSSR count). The van der Waals surface area contributed by atoms with Crippen LogP contribution in [0.4, 0.5) is 8.63 Å². The lowest BCUT2D eigenvalue weighted by atomic mass is 9.86. The van der Waals surface area contributed by atoms with Gasteiger partial charge in [-0.05, 0) is 29.8 Å². The van der Waals surface area contributed by atoms with E-state index < -0.39 is 6.97 Å². The fourth-order valence-corrected chi connectivity index (χ4v) is 3.73. The third-order valence-corrected chi connectivity index (χ3v) is 4.79. The summed E-state index contributed by atoms with van der Waals surface area (Å²) in [4.78, 5) is 3.04. The van der Waals surface area contributed by atoms with Gasteiger partial charge in [-0.15, -0.1) is 0 Å². The molecular weight excluding hydrogens is 319 g/mol. The summed E-state index contributed by atoms with van der Waals surface area (Å²) in [5.41, 5.74) is 3.97. The summed E-state index contributed by atoms with van der Waals surface area (Å²) in [7, 11) is 0. The van der Waals surface area contributed by atoms with E-state index in [1.807, 2.05) is 42.5 Å². The Labute approximate surface area is 143 Å². The van der Waals surface area contributed by atoms with Gasteiger partial charge in [-0.1, -0.05) is 30.3 Å². The number of halogens is 2. The Morgan fingerprint density at radius 2 is 1.72 bits per heavy atom. The molecule has 2 aliphatic heterocycles. The molecule has 0 aliphatic carbocycles. The molecule has 0 unspecified atom stereocenters. The van der Waals surface area contributed by atoms with Crippen molar-refractivity contribution in [2.45, 2.75) is 0 Å². The zero-order valence-corrected chi connectivity index (χ0v) is 13.2. The number of aromatic nitrogens is 2. The first kappa shape index (κ1) is 14.2. The number of rotatable bonds is 2. The molecule has 0 amide bonds. The molecule has 0 saturated carbocycles. The van der Waals surface area contributed by atoms with Crippen molar-refractivity contribution in [2.75, 3.05) is 0 Å². The van der Waals surface area contributed by atoms with Crippen molar-refractivity contribution >= 4 is 18.8 Å². The van der Waals surface area contributed by atoms with Gasteiger partial charge >= 0.3 is 6.97 Å². The maximum absolute atomic E-state index is 15.4. The second-order valence-electron chi connectivity index (χ2n) is 6.19. The Morgan fingerprint density at radius 1 is 0.920 bits per heavy atom. The maximum Gasteiger partial charge on any atom is 0.737 e. The van der Waals surface area contributed by atoms with Gasteiger partial charge in [0, 0.05) is 29.7 Å². The molecule has 3 nitrogen and oxygen atoms in total. The summed E-state index contributed by atoms with van der Waals surface area (Å²) in [5.74, 6) is 0. The minimum Gasteiger partial charge on any atom is -0.389 e. The van der Waals surface area contributed by atoms with E-state index in [4.69, 9.17) is 0 Å². The van der Waals surface area contributed by atoms with Gasteiger partial charge < -0.3 is 22.6 Å².